The number of hydrogen-bond acceptors (Lipinski definition) is 9. The first kappa shape index (κ1) is 22.4. The number of nitrogens with two attached hydrogens (primary N) is 2. The lowest BCUT2D eigenvalue weighted by molar-refractivity contribution is -0.187. The van der Waals surface area contributed by atoms with E-state index >= 15 is 0 Å². The van der Waals surface area contributed by atoms with E-state index in [0.717, 1.165) is 19.3 Å². The summed E-state index contributed by atoms with van der Waals surface area (Å²) in [5.74, 6) is -6.11. The molecule has 0 aliphatic heterocycles. The van der Waals surface area contributed by atoms with Gasteiger partial charge in [0, 0.05) is 24.9 Å². The molecule has 3 saturated carbocycles. The first-order chi connectivity index (χ1) is 14.6. The first-order valence-electron chi connectivity index (χ1n) is 11.1. The van der Waals surface area contributed by atoms with Gasteiger partial charge in [-0.25, -0.2) is 4.79 Å². The van der Waals surface area contributed by atoms with Crippen molar-refractivity contribution in [2.45, 2.75) is 69.6 Å². The third kappa shape index (κ3) is 4.04. The largest absolute Gasteiger partial charge is 0.461 e. The highest BCUT2D eigenvalue weighted by molar-refractivity contribution is 6.03. The van der Waals surface area contributed by atoms with Crippen LogP contribution in [0.15, 0.2) is 11.6 Å². The zero-order valence-corrected chi connectivity index (χ0v) is 18.0. The molecule has 9 heteroatoms. The molecule has 0 spiro atoms. The van der Waals surface area contributed by atoms with Crippen LogP contribution in [-0.4, -0.2) is 54.1 Å². The van der Waals surface area contributed by atoms with Crippen molar-refractivity contribution in [1.29, 1.82) is 0 Å². The van der Waals surface area contributed by atoms with Crippen LogP contribution in [0, 0.1) is 29.6 Å². The van der Waals surface area contributed by atoms with Crippen molar-refractivity contribution in [3.8, 4) is 0 Å². The van der Waals surface area contributed by atoms with E-state index in [2.05, 4.69) is 6.08 Å². The second-order valence-corrected chi connectivity index (χ2v) is 9.50. The van der Waals surface area contributed by atoms with Crippen LogP contribution in [0.4, 0.5) is 0 Å². The third-order valence-electron chi connectivity index (χ3n) is 7.49. The number of esters is 2. The van der Waals surface area contributed by atoms with E-state index in [0.29, 0.717) is 18.8 Å². The summed E-state index contributed by atoms with van der Waals surface area (Å²) < 4.78 is 16.5. The molecule has 0 aromatic rings. The minimum Gasteiger partial charge on any atom is -0.461 e. The van der Waals surface area contributed by atoms with E-state index in [1.807, 2.05) is 6.92 Å². The molecule has 8 unspecified atom stereocenters. The maximum Gasteiger partial charge on any atom is 0.370 e. The zero-order valence-electron chi connectivity index (χ0n) is 18.0. The molecule has 0 heterocycles. The van der Waals surface area contributed by atoms with Crippen molar-refractivity contribution in [1.82, 2.24) is 0 Å². The third-order valence-corrected chi connectivity index (χ3v) is 7.49. The number of hydrogen-bond donors (Lipinski definition) is 3. The minimum atomic E-state index is -2.67. The summed E-state index contributed by atoms with van der Waals surface area (Å²) in [5.41, 5.74) is 11.9. The molecule has 4 aliphatic rings. The van der Waals surface area contributed by atoms with Crippen molar-refractivity contribution in [2.24, 2.45) is 41.1 Å². The molecule has 0 aromatic carbocycles. The number of ether oxygens (including phenoxy) is 3. The fourth-order valence-corrected chi connectivity index (χ4v) is 6.07. The summed E-state index contributed by atoms with van der Waals surface area (Å²) in [5, 5.41) is 9.52. The van der Waals surface area contributed by atoms with E-state index in [9.17, 15) is 19.5 Å². The van der Waals surface area contributed by atoms with Crippen LogP contribution in [0.5, 0.6) is 0 Å². The summed E-state index contributed by atoms with van der Waals surface area (Å²) >= 11 is 0. The highest BCUT2D eigenvalue weighted by Gasteiger charge is 2.63. The molecule has 0 amide bonds. The lowest BCUT2D eigenvalue weighted by Crippen LogP contribution is -2.59. The quantitative estimate of drug-likeness (QED) is 0.223. The number of aliphatic hydroxyl groups is 1. The van der Waals surface area contributed by atoms with Gasteiger partial charge in [0.15, 0.2) is 5.78 Å². The first-order valence-corrected chi connectivity index (χ1v) is 11.1. The Hall–Kier alpha value is -1.81. The predicted octanol–water partition coefficient (Wildman–Crippen LogP) is 0.380. The van der Waals surface area contributed by atoms with Gasteiger partial charge in [0.05, 0.1) is 0 Å². The molecule has 3 fully saturated rings. The van der Waals surface area contributed by atoms with Crippen LogP contribution >= 0.6 is 0 Å². The molecule has 0 radical (unpaired) electrons. The molecule has 172 valence electrons. The Labute approximate surface area is 181 Å². The fraction of sp³-hybridized carbons (Fsp3) is 0.773. The molecule has 5 N–H and O–H groups in total. The fourth-order valence-electron chi connectivity index (χ4n) is 6.07. The molecule has 8 atom stereocenters. The Morgan fingerprint density at radius 1 is 1.29 bits per heavy atom. The predicted molar refractivity (Wildman–Crippen MR) is 108 cm³/mol. The van der Waals surface area contributed by atoms with Gasteiger partial charge in [-0.3, -0.25) is 21.1 Å². The average Bonchev–Trinajstić information content (AvgIpc) is 3.35. The molecule has 0 saturated heterocycles. The molecule has 9 nitrogen and oxygen atoms in total. The highest BCUT2D eigenvalue weighted by Crippen LogP contribution is 2.50. The van der Waals surface area contributed by atoms with Gasteiger partial charge in [-0.15, -0.1) is 0 Å². The number of allylic oxidation sites excluding steroid dienone is 1. The highest BCUT2D eigenvalue weighted by atomic mass is 16.6. The monoisotopic (exact) mass is 436 g/mol. The van der Waals surface area contributed by atoms with Gasteiger partial charge in [-0.2, -0.15) is 0 Å². The number of methoxy groups -OCH3 is 1. The van der Waals surface area contributed by atoms with E-state index in [4.69, 9.17) is 25.7 Å². The number of Topliss-reactive ketones (excluding diaryl/α,β-unsaturated/α-hetero) is 1. The molecular formula is C22H32N2O7. The number of carbonyl (C=O) groups excluding carboxylic acids is 3. The second kappa shape index (κ2) is 8.27. The van der Waals surface area contributed by atoms with Crippen molar-refractivity contribution >= 4 is 17.7 Å². The van der Waals surface area contributed by atoms with Crippen molar-refractivity contribution in [3.63, 3.8) is 0 Å². The van der Waals surface area contributed by atoms with Crippen LogP contribution in [0.3, 0.4) is 0 Å². The zero-order chi connectivity index (χ0) is 22.5. The maximum atomic E-state index is 13.1. The Bertz CT molecular complexity index is 789. The minimum absolute atomic E-state index is 0.170. The summed E-state index contributed by atoms with van der Waals surface area (Å²) in [6, 6.07) is 0. The van der Waals surface area contributed by atoms with Gasteiger partial charge in [0.2, 0.25) is 0 Å². The van der Waals surface area contributed by atoms with Crippen molar-refractivity contribution in [2.75, 3.05) is 7.11 Å². The molecule has 4 bridgehead atoms. The number of carbonyl (C=O) groups is 3. The van der Waals surface area contributed by atoms with E-state index in [1.54, 1.807) is 0 Å². The van der Waals surface area contributed by atoms with Crippen LogP contribution in [-0.2, 0) is 28.6 Å². The van der Waals surface area contributed by atoms with Crippen molar-refractivity contribution in [3.05, 3.63) is 11.6 Å². The maximum absolute atomic E-state index is 13.1. The summed E-state index contributed by atoms with van der Waals surface area (Å²) in [6.07, 6.45) is 5.80. The van der Waals surface area contributed by atoms with Crippen LogP contribution in [0.1, 0.15) is 45.4 Å². The van der Waals surface area contributed by atoms with Gasteiger partial charge in [-0.05, 0) is 44.4 Å². The van der Waals surface area contributed by atoms with Gasteiger partial charge in [-0.1, -0.05) is 18.6 Å². The number of rotatable bonds is 7. The average molecular weight is 437 g/mol. The molecule has 31 heavy (non-hydrogen) atoms. The standard InChI is InChI=1S/C22H32N2O7/c1-3-15(12-7-10-4-5-11(6-10)8-12)30-20(26)16-13-9-14(17(16)25)18(29-2)19(13)31-21(27)22(23,24)28/h7,11-16,18-19,28H,3-6,8-9,23-24H2,1-2H3. The van der Waals surface area contributed by atoms with Gasteiger partial charge in [0.1, 0.15) is 24.2 Å². The molecule has 4 aliphatic carbocycles. The Morgan fingerprint density at radius 3 is 2.65 bits per heavy atom. The van der Waals surface area contributed by atoms with Crippen LogP contribution in [0.2, 0.25) is 0 Å². The van der Waals surface area contributed by atoms with Crippen LogP contribution in [0.25, 0.3) is 0 Å². The topological polar surface area (TPSA) is 151 Å². The Morgan fingerprint density at radius 2 is 2.03 bits per heavy atom. The number of ketones is 1. The molecule has 0 aromatic heterocycles. The lowest BCUT2D eigenvalue weighted by Gasteiger charge is -2.35. The normalized spacial score (nSPS) is 37.5. The smallest absolute Gasteiger partial charge is 0.370 e. The SMILES string of the molecule is CCC(OC(=O)C1C(=O)C2CC1C(OC(=O)C(N)(N)O)C2OC)C1C=C2CCC(C2)C1. The van der Waals surface area contributed by atoms with Gasteiger partial charge < -0.3 is 19.3 Å². The summed E-state index contributed by atoms with van der Waals surface area (Å²) in [4.78, 5) is 38.1. The van der Waals surface area contributed by atoms with E-state index in [1.165, 1.54) is 19.1 Å². The lowest BCUT2D eigenvalue weighted by atomic mass is 9.82. The summed E-state index contributed by atoms with van der Waals surface area (Å²) in [7, 11) is 1.40. The van der Waals surface area contributed by atoms with Gasteiger partial charge >= 0.3 is 11.9 Å². The second-order valence-electron chi connectivity index (χ2n) is 9.50. The van der Waals surface area contributed by atoms with Crippen molar-refractivity contribution < 1.29 is 33.7 Å². The Balaban J connectivity index is 1.48. The molecule has 4 rings (SSSR count). The number of fused-ring (bicyclic) bond motifs is 4. The summed E-state index contributed by atoms with van der Waals surface area (Å²) in [6.45, 7) is 1.98. The molecular weight excluding hydrogens is 404 g/mol. The van der Waals surface area contributed by atoms with Crippen LogP contribution < -0.4 is 11.5 Å². The van der Waals surface area contributed by atoms with E-state index < -0.39 is 47.7 Å². The van der Waals surface area contributed by atoms with E-state index in [-0.39, 0.29) is 17.8 Å². The van der Waals surface area contributed by atoms with Gasteiger partial charge in [0.25, 0.3) is 5.85 Å². The Kier molecular flexibility index (Phi) is 5.97.